The number of nitrogens with one attached hydrogen (secondary N) is 1. The fourth-order valence-electron chi connectivity index (χ4n) is 4.46. The van der Waals surface area contributed by atoms with E-state index in [1.165, 1.54) is 24.8 Å². The van der Waals surface area contributed by atoms with Crippen molar-refractivity contribution in [3.05, 3.63) is 35.9 Å². The molecule has 1 amide bonds. The normalized spacial score (nSPS) is 28.1. The first kappa shape index (κ1) is 20.3. The van der Waals surface area contributed by atoms with E-state index in [0.717, 1.165) is 32.6 Å². The van der Waals surface area contributed by atoms with Crippen LogP contribution in [0.4, 0.5) is 0 Å². The van der Waals surface area contributed by atoms with Crippen LogP contribution in [0.5, 0.6) is 0 Å². The summed E-state index contributed by atoms with van der Waals surface area (Å²) in [5, 5.41) is 3.48. The lowest BCUT2D eigenvalue weighted by Gasteiger charge is -2.41. The lowest BCUT2D eigenvalue weighted by atomic mass is 9.75. The fourth-order valence-corrected chi connectivity index (χ4v) is 4.46. The molecule has 4 heteroatoms. The van der Waals surface area contributed by atoms with E-state index in [4.69, 9.17) is 0 Å². The standard InChI is InChI=1S/C21H32N2O.ClH/c1-17(18-8-6-12-22-15-18)14-20(24)23-13-7-11-21(2,16-23)19-9-4-3-5-10-19;/h3-5,9-10,17-18,22H,6-8,11-16H2,1-2H3;1H. The van der Waals surface area contributed by atoms with Crippen LogP contribution in [0.2, 0.25) is 0 Å². The molecule has 3 rings (SSSR count). The van der Waals surface area contributed by atoms with Crippen LogP contribution in [0, 0.1) is 11.8 Å². The van der Waals surface area contributed by atoms with Gasteiger partial charge in [0.2, 0.25) is 5.91 Å². The highest BCUT2D eigenvalue weighted by atomic mass is 35.5. The van der Waals surface area contributed by atoms with Crippen LogP contribution in [-0.2, 0) is 10.2 Å². The zero-order valence-corrected chi connectivity index (χ0v) is 16.5. The largest absolute Gasteiger partial charge is 0.342 e. The minimum Gasteiger partial charge on any atom is -0.342 e. The third kappa shape index (κ3) is 4.98. The van der Waals surface area contributed by atoms with Gasteiger partial charge in [0.25, 0.3) is 0 Å². The van der Waals surface area contributed by atoms with Crippen molar-refractivity contribution in [1.82, 2.24) is 10.2 Å². The Hall–Kier alpha value is -1.06. The minimum atomic E-state index is 0. The van der Waals surface area contributed by atoms with Gasteiger partial charge in [0, 0.05) is 24.9 Å². The fraction of sp³-hybridized carbons (Fsp3) is 0.667. The number of hydrogen-bond acceptors (Lipinski definition) is 2. The molecule has 2 aliphatic rings. The average Bonchev–Trinajstić information content (AvgIpc) is 2.63. The van der Waals surface area contributed by atoms with Gasteiger partial charge in [-0.25, -0.2) is 0 Å². The van der Waals surface area contributed by atoms with Gasteiger partial charge in [-0.05, 0) is 56.2 Å². The molecule has 140 valence electrons. The Kier molecular flexibility index (Phi) is 7.33. The number of piperidine rings is 2. The smallest absolute Gasteiger partial charge is 0.222 e. The minimum absolute atomic E-state index is 0. The summed E-state index contributed by atoms with van der Waals surface area (Å²) >= 11 is 0. The molecule has 0 bridgehead atoms. The van der Waals surface area contributed by atoms with E-state index in [1.54, 1.807) is 0 Å². The molecule has 25 heavy (non-hydrogen) atoms. The molecule has 3 unspecified atom stereocenters. The molecule has 2 saturated heterocycles. The Morgan fingerprint density at radius 3 is 2.76 bits per heavy atom. The molecule has 0 saturated carbocycles. The molecule has 1 N–H and O–H groups in total. The van der Waals surface area contributed by atoms with Gasteiger partial charge in [-0.15, -0.1) is 12.4 Å². The van der Waals surface area contributed by atoms with Crippen molar-refractivity contribution in [2.75, 3.05) is 26.2 Å². The van der Waals surface area contributed by atoms with Gasteiger partial charge in [0.1, 0.15) is 0 Å². The van der Waals surface area contributed by atoms with Crippen LogP contribution in [0.25, 0.3) is 0 Å². The Labute approximate surface area is 159 Å². The van der Waals surface area contributed by atoms with Gasteiger partial charge in [-0.3, -0.25) is 4.79 Å². The first-order chi connectivity index (χ1) is 11.6. The van der Waals surface area contributed by atoms with Gasteiger partial charge in [-0.2, -0.15) is 0 Å². The van der Waals surface area contributed by atoms with Crippen LogP contribution < -0.4 is 5.32 Å². The first-order valence-corrected chi connectivity index (χ1v) is 9.62. The Morgan fingerprint density at radius 1 is 1.32 bits per heavy atom. The summed E-state index contributed by atoms with van der Waals surface area (Å²) < 4.78 is 0. The monoisotopic (exact) mass is 364 g/mol. The lowest BCUT2D eigenvalue weighted by molar-refractivity contribution is -0.134. The van der Waals surface area contributed by atoms with Crippen LogP contribution in [0.1, 0.15) is 51.5 Å². The Balaban J connectivity index is 0.00000225. The van der Waals surface area contributed by atoms with Crippen molar-refractivity contribution in [2.24, 2.45) is 11.8 Å². The summed E-state index contributed by atoms with van der Waals surface area (Å²) in [6.07, 6.45) is 5.50. The highest BCUT2D eigenvalue weighted by Gasteiger charge is 2.35. The van der Waals surface area contributed by atoms with Crippen LogP contribution >= 0.6 is 12.4 Å². The number of likely N-dealkylation sites (tertiary alicyclic amines) is 1. The summed E-state index contributed by atoms with van der Waals surface area (Å²) in [5.41, 5.74) is 1.47. The summed E-state index contributed by atoms with van der Waals surface area (Å²) in [7, 11) is 0. The molecule has 0 spiro atoms. The molecule has 1 aromatic rings. The predicted molar refractivity (Wildman–Crippen MR) is 106 cm³/mol. The van der Waals surface area contributed by atoms with Gasteiger partial charge in [0.05, 0.1) is 0 Å². The van der Waals surface area contributed by atoms with Crippen molar-refractivity contribution in [2.45, 2.75) is 51.4 Å². The predicted octanol–water partition coefficient (Wildman–Crippen LogP) is 4.01. The van der Waals surface area contributed by atoms with E-state index < -0.39 is 0 Å². The van der Waals surface area contributed by atoms with Gasteiger partial charge >= 0.3 is 0 Å². The summed E-state index contributed by atoms with van der Waals surface area (Å²) in [6, 6.07) is 10.7. The van der Waals surface area contributed by atoms with Gasteiger partial charge in [-0.1, -0.05) is 44.2 Å². The third-order valence-corrected chi connectivity index (χ3v) is 6.16. The van der Waals surface area contributed by atoms with Crippen LogP contribution in [-0.4, -0.2) is 37.0 Å². The van der Waals surface area contributed by atoms with Crippen molar-refractivity contribution in [1.29, 1.82) is 0 Å². The highest BCUT2D eigenvalue weighted by Crippen LogP contribution is 2.34. The second-order valence-electron chi connectivity index (χ2n) is 8.13. The third-order valence-electron chi connectivity index (χ3n) is 6.16. The number of halogens is 1. The van der Waals surface area contributed by atoms with Crippen molar-refractivity contribution < 1.29 is 4.79 Å². The molecule has 1 aromatic carbocycles. The summed E-state index contributed by atoms with van der Waals surface area (Å²) in [6.45, 7) is 8.59. The van der Waals surface area contributed by atoms with Crippen molar-refractivity contribution in [3.63, 3.8) is 0 Å². The highest BCUT2D eigenvalue weighted by molar-refractivity contribution is 5.85. The Bertz CT molecular complexity index is 544. The number of benzene rings is 1. The lowest BCUT2D eigenvalue weighted by Crippen LogP contribution is -2.47. The number of rotatable bonds is 4. The molecule has 2 aliphatic heterocycles. The maximum absolute atomic E-state index is 12.9. The van der Waals surface area contributed by atoms with Gasteiger partial charge < -0.3 is 10.2 Å². The second-order valence-corrected chi connectivity index (χ2v) is 8.13. The summed E-state index contributed by atoms with van der Waals surface area (Å²) in [5.74, 6) is 1.50. The average molecular weight is 365 g/mol. The Morgan fingerprint density at radius 2 is 2.08 bits per heavy atom. The van der Waals surface area contributed by atoms with Crippen molar-refractivity contribution >= 4 is 18.3 Å². The molecule has 2 heterocycles. The maximum Gasteiger partial charge on any atom is 0.222 e. The number of nitrogens with zero attached hydrogens (tertiary/aromatic N) is 1. The summed E-state index contributed by atoms with van der Waals surface area (Å²) in [4.78, 5) is 15.0. The zero-order valence-electron chi connectivity index (χ0n) is 15.7. The van der Waals surface area contributed by atoms with E-state index in [1.807, 2.05) is 0 Å². The molecule has 3 atom stereocenters. The SMILES string of the molecule is CC(CC(=O)N1CCCC(C)(c2ccccc2)C1)C1CCCNC1.Cl. The zero-order chi connectivity index (χ0) is 17.0. The van der Waals surface area contributed by atoms with Crippen molar-refractivity contribution in [3.8, 4) is 0 Å². The number of amides is 1. The van der Waals surface area contributed by atoms with Gasteiger partial charge in [0.15, 0.2) is 0 Å². The topological polar surface area (TPSA) is 32.3 Å². The number of hydrogen-bond donors (Lipinski definition) is 1. The van der Waals surface area contributed by atoms with E-state index in [-0.39, 0.29) is 17.8 Å². The van der Waals surface area contributed by atoms with Crippen LogP contribution in [0.15, 0.2) is 30.3 Å². The molecular formula is C21H33ClN2O. The number of carbonyl (C=O) groups is 1. The van der Waals surface area contributed by atoms with E-state index in [2.05, 4.69) is 54.4 Å². The molecular weight excluding hydrogens is 332 g/mol. The molecule has 0 radical (unpaired) electrons. The quantitative estimate of drug-likeness (QED) is 0.875. The number of carbonyl (C=O) groups excluding carboxylic acids is 1. The molecule has 2 fully saturated rings. The molecule has 0 aromatic heterocycles. The van der Waals surface area contributed by atoms with E-state index >= 15 is 0 Å². The maximum atomic E-state index is 12.9. The van der Waals surface area contributed by atoms with E-state index in [9.17, 15) is 4.79 Å². The molecule has 3 nitrogen and oxygen atoms in total. The van der Waals surface area contributed by atoms with Crippen LogP contribution in [0.3, 0.4) is 0 Å². The molecule has 0 aliphatic carbocycles. The first-order valence-electron chi connectivity index (χ1n) is 9.62. The van der Waals surface area contributed by atoms with E-state index in [0.29, 0.717) is 24.2 Å². The second kappa shape index (κ2) is 9.05.